The normalized spacial score (nSPS) is 8.73. The van der Waals surface area contributed by atoms with Crippen molar-refractivity contribution in [2.45, 2.75) is 0 Å². The summed E-state index contributed by atoms with van der Waals surface area (Å²) in [6, 6.07) is 0. The van der Waals surface area contributed by atoms with Gasteiger partial charge in [0.1, 0.15) is 4.60 Å². The number of nitrogens with zero attached hydrogens (tertiary/aromatic N) is 2. The summed E-state index contributed by atoms with van der Waals surface area (Å²) in [6.45, 7) is 0.219. The molecule has 1 rings (SSSR count). The van der Waals surface area contributed by atoms with Gasteiger partial charge in [0, 0.05) is 0 Å². The number of rotatable bonds is 2. The van der Waals surface area contributed by atoms with Gasteiger partial charge in [-0.2, -0.15) is 0 Å². The van der Waals surface area contributed by atoms with Gasteiger partial charge < -0.3 is 4.74 Å². The SMILES string of the molecule is C#CCOc1cnc(Br)cn1. The van der Waals surface area contributed by atoms with Gasteiger partial charge in [0.2, 0.25) is 5.88 Å². The summed E-state index contributed by atoms with van der Waals surface area (Å²) < 4.78 is 5.65. The number of halogens is 1. The summed E-state index contributed by atoms with van der Waals surface area (Å²) in [5.41, 5.74) is 0. The number of terminal acetylenes is 1. The van der Waals surface area contributed by atoms with Crippen LogP contribution < -0.4 is 4.74 Å². The van der Waals surface area contributed by atoms with E-state index >= 15 is 0 Å². The standard InChI is InChI=1S/C7H5BrN2O/c1-2-3-11-7-5-9-6(8)4-10-7/h1,4-5H,3H2. The molecule has 1 aromatic rings. The monoisotopic (exact) mass is 212 g/mol. The Balaban J connectivity index is 2.60. The molecule has 0 saturated carbocycles. The first-order valence-electron chi connectivity index (χ1n) is 2.86. The van der Waals surface area contributed by atoms with Gasteiger partial charge in [-0.1, -0.05) is 5.92 Å². The molecule has 0 atom stereocenters. The molecule has 11 heavy (non-hydrogen) atoms. The number of ether oxygens (including phenoxy) is 1. The molecule has 4 heteroatoms. The summed E-state index contributed by atoms with van der Waals surface area (Å²) in [5, 5.41) is 0. The zero-order valence-electron chi connectivity index (χ0n) is 5.62. The zero-order valence-corrected chi connectivity index (χ0v) is 7.21. The Labute approximate surface area is 72.9 Å². The predicted octanol–water partition coefficient (Wildman–Crippen LogP) is 1.25. The molecular weight excluding hydrogens is 208 g/mol. The molecule has 0 spiro atoms. The third kappa shape index (κ3) is 2.56. The Hall–Kier alpha value is -1.08. The maximum Gasteiger partial charge on any atom is 0.233 e. The van der Waals surface area contributed by atoms with Crippen LogP contribution in [0.5, 0.6) is 5.88 Å². The van der Waals surface area contributed by atoms with E-state index in [0.717, 1.165) is 0 Å². The molecule has 56 valence electrons. The minimum Gasteiger partial charge on any atom is -0.463 e. The molecule has 0 aliphatic carbocycles. The molecule has 0 aliphatic rings. The Morgan fingerprint density at radius 2 is 2.36 bits per heavy atom. The minimum atomic E-state index is 0.219. The van der Waals surface area contributed by atoms with E-state index in [1.54, 1.807) is 6.20 Å². The fourth-order valence-corrected chi connectivity index (χ4v) is 0.695. The molecule has 3 nitrogen and oxygen atoms in total. The Morgan fingerprint density at radius 3 is 2.91 bits per heavy atom. The van der Waals surface area contributed by atoms with E-state index in [4.69, 9.17) is 11.2 Å². The average molecular weight is 213 g/mol. The second-order valence-corrected chi connectivity index (χ2v) is 2.48. The maximum absolute atomic E-state index is 4.98. The van der Waals surface area contributed by atoms with E-state index in [1.807, 2.05) is 0 Å². The molecule has 0 fully saturated rings. The first-order chi connectivity index (χ1) is 5.33. The second-order valence-electron chi connectivity index (χ2n) is 1.67. The van der Waals surface area contributed by atoms with Crippen molar-refractivity contribution in [3.63, 3.8) is 0 Å². The first-order valence-corrected chi connectivity index (χ1v) is 3.66. The summed E-state index contributed by atoms with van der Waals surface area (Å²) in [4.78, 5) is 7.78. The predicted molar refractivity (Wildman–Crippen MR) is 44.1 cm³/mol. The van der Waals surface area contributed by atoms with Crippen molar-refractivity contribution >= 4 is 15.9 Å². The van der Waals surface area contributed by atoms with Crippen LogP contribution >= 0.6 is 15.9 Å². The minimum absolute atomic E-state index is 0.219. The van der Waals surface area contributed by atoms with E-state index in [1.165, 1.54) is 6.20 Å². The topological polar surface area (TPSA) is 35.0 Å². The van der Waals surface area contributed by atoms with Gasteiger partial charge in [0.15, 0.2) is 6.61 Å². The highest BCUT2D eigenvalue weighted by Crippen LogP contribution is 2.07. The van der Waals surface area contributed by atoms with Gasteiger partial charge >= 0.3 is 0 Å². The molecule has 1 aromatic heterocycles. The smallest absolute Gasteiger partial charge is 0.233 e. The van der Waals surface area contributed by atoms with Gasteiger partial charge in [-0.3, -0.25) is 0 Å². The molecule has 0 unspecified atom stereocenters. The van der Waals surface area contributed by atoms with Gasteiger partial charge in [-0.05, 0) is 15.9 Å². The Kier molecular flexibility index (Phi) is 2.87. The lowest BCUT2D eigenvalue weighted by atomic mass is 10.7. The van der Waals surface area contributed by atoms with E-state index in [9.17, 15) is 0 Å². The third-order valence-corrected chi connectivity index (χ3v) is 1.31. The van der Waals surface area contributed by atoms with E-state index in [2.05, 4.69) is 31.8 Å². The fourth-order valence-electron chi connectivity index (χ4n) is 0.491. The maximum atomic E-state index is 4.98. The van der Waals surface area contributed by atoms with Crippen LogP contribution in [0.4, 0.5) is 0 Å². The fraction of sp³-hybridized carbons (Fsp3) is 0.143. The van der Waals surface area contributed by atoms with E-state index in [0.29, 0.717) is 10.5 Å². The van der Waals surface area contributed by atoms with Gasteiger partial charge in [0.25, 0.3) is 0 Å². The lowest BCUT2D eigenvalue weighted by Crippen LogP contribution is -1.95. The third-order valence-electron chi connectivity index (χ3n) is 0.900. The largest absolute Gasteiger partial charge is 0.463 e. The molecular formula is C7H5BrN2O. The van der Waals surface area contributed by atoms with Crippen molar-refractivity contribution in [1.82, 2.24) is 9.97 Å². The Morgan fingerprint density at radius 1 is 1.55 bits per heavy atom. The van der Waals surface area contributed by atoms with Crippen molar-refractivity contribution in [2.75, 3.05) is 6.61 Å². The summed E-state index contributed by atoms with van der Waals surface area (Å²) >= 11 is 3.14. The molecule has 0 saturated heterocycles. The van der Waals surface area contributed by atoms with Gasteiger partial charge in [0.05, 0.1) is 12.4 Å². The second kappa shape index (κ2) is 3.94. The molecule has 0 aromatic carbocycles. The molecule has 0 N–H and O–H groups in total. The van der Waals surface area contributed by atoms with E-state index < -0.39 is 0 Å². The van der Waals surface area contributed by atoms with Crippen LogP contribution in [0.3, 0.4) is 0 Å². The molecule has 1 heterocycles. The van der Waals surface area contributed by atoms with Crippen molar-refractivity contribution in [3.8, 4) is 18.2 Å². The van der Waals surface area contributed by atoms with Crippen molar-refractivity contribution in [3.05, 3.63) is 17.0 Å². The molecule has 0 amide bonds. The van der Waals surface area contributed by atoms with Gasteiger partial charge in [-0.25, -0.2) is 9.97 Å². The first kappa shape index (κ1) is 8.02. The Bertz CT molecular complexity index is 265. The summed E-state index contributed by atoms with van der Waals surface area (Å²) in [5.74, 6) is 2.77. The zero-order chi connectivity index (χ0) is 8.10. The van der Waals surface area contributed by atoms with E-state index in [-0.39, 0.29) is 6.61 Å². The summed E-state index contributed by atoms with van der Waals surface area (Å²) in [7, 11) is 0. The van der Waals surface area contributed by atoms with Crippen LogP contribution in [0.15, 0.2) is 17.0 Å². The van der Waals surface area contributed by atoms with Crippen LogP contribution in [0.2, 0.25) is 0 Å². The van der Waals surface area contributed by atoms with Crippen LogP contribution in [0.1, 0.15) is 0 Å². The highest BCUT2D eigenvalue weighted by Gasteiger charge is 1.92. The summed E-state index contributed by atoms with van der Waals surface area (Å²) in [6.07, 6.45) is 8.02. The highest BCUT2D eigenvalue weighted by atomic mass is 79.9. The molecule has 0 radical (unpaired) electrons. The lowest BCUT2D eigenvalue weighted by molar-refractivity contribution is 0.353. The van der Waals surface area contributed by atoms with Crippen molar-refractivity contribution in [1.29, 1.82) is 0 Å². The molecule has 0 aliphatic heterocycles. The van der Waals surface area contributed by atoms with Crippen molar-refractivity contribution < 1.29 is 4.74 Å². The number of aromatic nitrogens is 2. The van der Waals surface area contributed by atoms with Crippen molar-refractivity contribution in [2.24, 2.45) is 0 Å². The van der Waals surface area contributed by atoms with Gasteiger partial charge in [-0.15, -0.1) is 6.42 Å². The quantitative estimate of drug-likeness (QED) is 0.693. The van der Waals surface area contributed by atoms with Crippen LogP contribution in [0.25, 0.3) is 0 Å². The highest BCUT2D eigenvalue weighted by molar-refractivity contribution is 9.10. The molecule has 0 bridgehead atoms. The number of hydrogen-bond acceptors (Lipinski definition) is 3. The number of hydrogen-bond donors (Lipinski definition) is 0. The van der Waals surface area contributed by atoms with Crippen LogP contribution in [0, 0.1) is 12.3 Å². The van der Waals surface area contributed by atoms with Crippen LogP contribution in [-0.4, -0.2) is 16.6 Å². The lowest BCUT2D eigenvalue weighted by Gasteiger charge is -1.98. The average Bonchev–Trinajstić information content (AvgIpc) is 2.04. The van der Waals surface area contributed by atoms with Crippen LogP contribution in [-0.2, 0) is 0 Å².